The summed E-state index contributed by atoms with van der Waals surface area (Å²) in [5.41, 5.74) is 3.36. The lowest BCUT2D eigenvalue weighted by Gasteiger charge is -2.18. The van der Waals surface area contributed by atoms with Gasteiger partial charge in [0.1, 0.15) is 10.6 Å². The zero-order valence-electron chi connectivity index (χ0n) is 20.1. The predicted molar refractivity (Wildman–Crippen MR) is 133 cm³/mol. The number of esters is 1. The number of nitrogens with one attached hydrogen (secondary N) is 1. The number of ether oxygens (including phenoxy) is 2. The molecule has 0 aliphatic rings. The highest BCUT2D eigenvalue weighted by Gasteiger charge is 2.23. The van der Waals surface area contributed by atoms with Gasteiger partial charge in [0.05, 0.1) is 12.7 Å². The van der Waals surface area contributed by atoms with E-state index < -0.39 is 22.6 Å². The van der Waals surface area contributed by atoms with Gasteiger partial charge in [0.15, 0.2) is 6.61 Å². The van der Waals surface area contributed by atoms with E-state index in [0.717, 1.165) is 16.7 Å². The van der Waals surface area contributed by atoms with Crippen LogP contribution in [0.15, 0.2) is 71.6 Å². The van der Waals surface area contributed by atoms with E-state index in [-0.39, 0.29) is 22.1 Å². The van der Waals surface area contributed by atoms with E-state index in [9.17, 15) is 18.0 Å². The molecule has 0 aromatic heterocycles. The summed E-state index contributed by atoms with van der Waals surface area (Å²) in [6.07, 6.45) is 0. The molecule has 3 rings (SSSR count). The average Bonchev–Trinajstić information content (AvgIpc) is 2.84. The van der Waals surface area contributed by atoms with E-state index in [1.54, 1.807) is 31.3 Å². The monoisotopic (exact) mass is 496 g/mol. The summed E-state index contributed by atoms with van der Waals surface area (Å²) < 4.78 is 38.8. The summed E-state index contributed by atoms with van der Waals surface area (Å²) in [5.74, 6) is -1.14. The highest BCUT2D eigenvalue weighted by molar-refractivity contribution is 7.92. The summed E-state index contributed by atoms with van der Waals surface area (Å²) in [5, 5.41) is 0. The number of nitrogens with zero attached hydrogens (tertiary/aromatic N) is 1. The number of anilines is 1. The van der Waals surface area contributed by atoms with Gasteiger partial charge in [-0.1, -0.05) is 42.0 Å². The molecule has 0 fully saturated rings. The maximum absolute atomic E-state index is 13.0. The second-order valence-electron chi connectivity index (χ2n) is 8.09. The van der Waals surface area contributed by atoms with Crippen LogP contribution >= 0.6 is 0 Å². The number of carbonyl (C=O) groups is 2. The van der Waals surface area contributed by atoms with E-state index in [0.29, 0.717) is 12.2 Å². The van der Waals surface area contributed by atoms with Crippen LogP contribution in [-0.4, -0.2) is 46.0 Å². The van der Waals surface area contributed by atoms with Gasteiger partial charge in [-0.2, -0.15) is 0 Å². The number of hydrogen-bond acceptors (Lipinski definition) is 6. The Morgan fingerprint density at radius 3 is 2.31 bits per heavy atom. The Morgan fingerprint density at radius 2 is 1.66 bits per heavy atom. The van der Waals surface area contributed by atoms with Crippen molar-refractivity contribution in [3.05, 3.63) is 89.0 Å². The van der Waals surface area contributed by atoms with Gasteiger partial charge < -0.3 is 14.4 Å². The number of amides is 1. The number of benzene rings is 3. The lowest BCUT2D eigenvalue weighted by atomic mass is 10.1. The molecule has 0 spiro atoms. The molecule has 0 aliphatic heterocycles. The third kappa shape index (κ3) is 6.60. The molecule has 0 atom stereocenters. The summed E-state index contributed by atoms with van der Waals surface area (Å²) in [6.45, 7) is 3.74. The standard InChI is InChI=1S/C26H28N2O6S/c1-18-9-12-22(13-10-18)27-35(31,32)24-15-20(11-14-23(24)33-4)26(30)34-17-25(29)28(3)16-21-8-6-5-7-19(21)2/h5-15,27H,16-17H2,1-4H3. The lowest BCUT2D eigenvalue weighted by molar-refractivity contribution is -0.133. The van der Waals surface area contributed by atoms with E-state index >= 15 is 0 Å². The van der Waals surface area contributed by atoms with Gasteiger partial charge >= 0.3 is 5.97 Å². The van der Waals surface area contributed by atoms with Crippen molar-refractivity contribution >= 4 is 27.6 Å². The molecule has 0 aliphatic carbocycles. The molecule has 0 saturated carbocycles. The maximum Gasteiger partial charge on any atom is 0.338 e. The molecule has 1 amide bonds. The van der Waals surface area contributed by atoms with Crippen LogP contribution in [0.2, 0.25) is 0 Å². The van der Waals surface area contributed by atoms with Crippen LogP contribution in [0.3, 0.4) is 0 Å². The molecule has 0 heterocycles. The van der Waals surface area contributed by atoms with Gasteiger partial charge in [0.2, 0.25) is 0 Å². The third-order valence-electron chi connectivity index (χ3n) is 5.41. The summed E-state index contributed by atoms with van der Waals surface area (Å²) in [4.78, 5) is 26.3. The fourth-order valence-electron chi connectivity index (χ4n) is 3.30. The fraction of sp³-hybridized carbons (Fsp3) is 0.231. The number of rotatable bonds is 9. The number of methoxy groups -OCH3 is 1. The van der Waals surface area contributed by atoms with Crippen LogP contribution in [0, 0.1) is 13.8 Å². The molecule has 3 aromatic rings. The van der Waals surface area contributed by atoms with E-state index in [1.165, 1.54) is 30.2 Å². The summed E-state index contributed by atoms with van der Waals surface area (Å²) in [6, 6.07) is 18.4. The molecule has 0 radical (unpaired) electrons. The number of likely N-dealkylation sites (N-methyl/N-ethyl adjacent to an activating group) is 1. The predicted octanol–water partition coefficient (Wildman–Crippen LogP) is 3.93. The molecule has 35 heavy (non-hydrogen) atoms. The third-order valence-corrected chi connectivity index (χ3v) is 6.82. The number of carbonyl (C=O) groups excluding carboxylic acids is 2. The van der Waals surface area contributed by atoms with Crippen LogP contribution in [0.1, 0.15) is 27.0 Å². The molecular weight excluding hydrogens is 468 g/mol. The SMILES string of the molecule is COc1ccc(C(=O)OCC(=O)N(C)Cc2ccccc2C)cc1S(=O)(=O)Nc1ccc(C)cc1. The first-order chi connectivity index (χ1) is 16.6. The van der Waals surface area contributed by atoms with E-state index in [4.69, 9.17) is 9.47 Å². The minimum atomic E-state index is -4.07. The Balaban J connectivity index is 1.71. The molecule has 0 bridgehead atoms. The van der Waals surface area contributed by atoms with Gasteiger partial charge in [0, 0.05) is 19.3 Å². The van der Waals surface area contributed by atoms with Gasteiger partial charge in [-0.3, -0.25) is 9.52 Å². The Morgan fingerprint density at radius 1 is 0.971 bits per heavy atom. The fourth-order valence-corrected chi connectivity index (χ4v) is 4.55. The van der Waals surface area contributed by atoms with Crippen LogP contribution in [0.5, 0.6) is 5.75 Å². The van der Waals surface area contributed by atoms with E-state index in [1.807, 2.05) is 38.1 Å². The van der Waals surface area contributed by atoms with Crippen LogP contribution in [-0.2, 0) is 26.1 Å². The normalized spacial score (nSPS) is 11.0. The Bertz CT molecular complexity index is 1320. The molecule has 8 nitrogen and oxygen atoms in total. The van der Waals surface area contributed by atoms with Crippen LogP contribution in [0.25, 0.3) is 0 Å². The zero-order valence-corrected chi connectivity index (χ0v) is 20.9. The summed E-state index contributed by atoms with van der Waals surface area (Å²) in [7, 11) is -1.11. The quantitative estimate of drug-likeness (QED) is 0.451. The topological polar surface area (TPSA) is 102 Å². The Kier molecular flexibility index (Phi) is 8.14. The van der Waals surface area contributed by atoms with Gasteiger partial charge in [-0.15, -0.1) is 0 Å². The largest absolute Gasteiger partial charge is 0.495 e. The van der Waals surface area contributed by atoms with Crippen molar-refractivity contribution in [2.75, 3.05) is 25.5 Å². The van der Waals surface area contributed by atoms with E-state index in [2.05, 4.69) is 4.72 Å². The van der Waals surface area contributed by atoms with Crippen molar-refractivity contribution in [3.63, 3.8) is 0 Å². The second-order valence-corrected chi connectivity index (χ2v) is 9.74. The molecule has 0 unspecified atom stereocenters. The van der Waals surface area contributed by atoms with Crippen molar-refractivity contribution in [2.24, 2.45) is 0 Å². The minimum absolute atomic E-state index is 0.0237. The van der Waals surface area contributed by atoms with Crippen molar-refractivity contribution < 1.29 is 27.5 Å². The van der Waals surface area contributed by atoms with Crippen LogP contribution < -0.4 is 9.46 Å². The molecule has 184 valence electrons. The van der Waals surface area contributed by atoms with Crippen molar-refractivity contribution in [3.8, 4) is 5.75 Å². The van der Waals surface area contributed by atoms with Crippen molar-refractivity contribution in [1.29, 1.82) is 0 Å². The zero-order chi connectivity index (χ0) is 25.6. The van der Waals surface area contributed by atoms with Crippen molar-refractivity contribution in [2.45, 2.75) is 25.3 Å². The molecule has 0 saturated heterocycles. The number of sulfonamides is 1. The lowest BCUT2D eigenvalue weighted by Crippen LogP contribution is -2.31. The smallest absolute Gasteiger partial charge is 0.338 e. The highest BCUT2D eigenvalue weighted by Crippen LogP contribution is 2.27. The molecule has 9 heteroatoms. The van der Waals surface area contributed by atoms with Gasteiger partial charge in [-0.05, 0) is 55.3 Å². The maximum atomic E-state index is 13.0. The average molecular weight is 497 g/mol. The number of hydrogen-bond donors (Lipinski definition) is 1. The van der Waals surface area contributed by atoms with Crippen LogP contribution in [0.4, 0.5) is 5.69 Å². The molecular formula is C26H28N2O6S. The molecule has 1 N–H and O–H groups in total. The Hall–Kier alpha value is -3.85. The first kappa shape index (κ1) is 25.8. The van der Waals surface area contributed by atoms with Gasteiger partial charge in [0.25, 0.3) is 15.9 Å². The minimum Gasteiger partial charge on any atom is -0.495 e. The van der Waals surface area contributed by atoms with Crippen molar-refractivity contribution in [1.82, 2.24) is 4.90 Å². The first-order valence-corrected chi connectivity index (χ1v) is 12.3. The Labute approximate surface area is 205 Å². The number of aryl methyl sites for hydroxylation is 2. The molecule has 3 aromatic carbocycles. The van der Waals surface area contributed by atoms with Gasteiger partial charge in [-0.25, -0.2) is 13.2 Å². The summed E-state index contributed by atoms with van der Waals surface area (Å²) >= 11 is 0. The highest BCUT2D eigenvalue weighted by atomic mass is 32.2. The first-order valence-electron chi connectivity index (χ1n) is 10.8. The second kappa shape index (κ2) is 11.1.